The van der Waals surface area contributed by atoms with Gasteiger partial charge in [-0.15, -0.1) is 0 Å². The lowest BCUT2D eigenvalue weighted by Crippen LogP contribution is -2.25. The first-order valence-electron chi connectivity index (χ1n) is 3.61. The third kappa shape index (κ3) is 2.06. The molecule has 14 heavy (non-hydrogen) atoms. The van der Waals surface area contributed by atoms with Gasteiger partial charge >= 0.3 is 0 Å². The molecular weight excluding hydrogens is 266 g/mol. The first-order chi connectivity index (χ1) is 6.38. The second kappa shape index (κ2) is 3.86. The summed E-state index contributed by atoms with van der Waals surface area (Å²) < 4.78 is 51.1. The number of halogens is 5. The number of nitrogens with two attached hydrogens (primary N) is 1. The monoisotopic (exact) mass is 271 g/mol. The van der Waals surface area contributed by atoms with Crippen molar-refractivity contribution in [2.75, 3.05) is 6.54 Å². The van der Waals surface area contributed by atoms with Crippen molar-refractivity contribution in [1.29, 1.82) is 0 Å². The van der Waals surface area contributed by atoms with E-state index >= 15 is 0 Å². The highest BCUT2D eigenvalue weighted by atomic mass is 79.9. The molecule has 0 fully saturated rings. The van der Waals surface area contributed by atoms with Crippen LogP contribution in [0.2, 0.25) is 0 Å². The normalized spacial score (nSPS) is 11.9. The van der Waals surface area contributed by atoms with E-state index in [0.29, 0.717) is 12.1 Å². The van der Waals surface area contributed by atoms with Crippen LogP contribution in [-0.2, 0) is 5.92 Å². The summed E-state index contributed by atoms with van der Waals surface area (Å²) in [4.78, 5) is 0. The van der Waals surface area contributed by atoms with Crippen LogP contribution < -0.4 is 5.73 Å². The van der Waals surface area contributed by atoms with Gasteiger partial charge in [0.2, 0.25) is 0 Å². The second-order valence-corrected chi connectivity index (χ2v) is 3.51. The molecule has 0 aliphatic rings. The van der Waals surface area contributed by atoms with Crippen molar-refractivity contribution in [3.63, 3.8) is 0 Å². The summed E-state index contributed by atoms with van der Waals surface area (Å²) in [6, 6.07) is 1.08. The number of benzene rings is 1. The Kier molecular flexibility index (Phi) is 3.16. The van der Waals surface area contributed by atoms with E-state index < -0.39 is 29.7 Å². The summed E-state index contributed by atoms with van der Waals surface area (Å²) in [5, 5.41) is 0. The number of hydrogen-bond donors (Lipinski definition) is 1. The van der Waals surface area contributed by atoms with Crippen LogP contribution in [0.3, 0.4) is 0 Å². The number of hydrogen-bond acceptors (Lipinski definition) is 1. The summed E-state index contributed by atoms with van der Waals surface area (Å²) in [6.07, 6.45) is 0. The van der Waals surface area contributed by atoms with Crippen molar-refractivity contribution in [3.05, 3.63) is 33.8 Å². The summed E-state index contributed by atoms with van der Waals surface area (Å²) in [5.74, 6) is -5.88. The first-order valence-corrected chi connectivity index (χ1v) is 4.40. The molecular formula is C8H6BrF4N. The minimum atomic E-state index is -3.37. The molecule has 2 N–H and O–H groups in total. The van der Waals surface area contributed by atoms with Crippen LogP contribution in [0.5, 0.6) is 0 Å². The minimum absolute atomic E-state index is 0.202. The van der Waals surface area contributed by atoms with E-state index in [0.717, 1.165) is 0 Å². The summed E-state index contributed by atoms with van der Waals surface area (Å²) in [5.41, 5.74) is 4.15. The van der Waals surface area contributed by atoms with Gasteiger partial charge in [-0.2, -0.15) is 8.78 Å². The average molecular weight is 272 g/mol. The lowest BCUT2D eigenvalue weighted by Gasteiger charge is -2.15. The quantitative estimate of drug-likeness (QED) is 0.650. The Labute approximate surface area is 86.0 Å². The summed E-state index contributed by atoms with van der Waals surface area (Å²) in [7, 11) is 0. The van der Waals surface area contributed by atoms with Crippen LogP contribution in [0.15, 0.2) is 16.6 Å². The van der Waals surface area contributed by atoms with E-state index in [-0.39, 0.29) is 4.47 Å². The van der Waals surface area contributed by atoms with Crippen molar-refractivity contribution in [3.8, 4) is 0 Å². The molecule has 0 radical (unpaired) electrons. The van der Waals surface area contributed by atoms with Gasteiger partial charge in [-0.25, -0.2) is 8.78 Å². The second-order valence-electron chi connectivity index (χ2n) is 2.65. The van der Waals surface area contributed by atoms with Crippen LogP contribution in [0.1, 0.15) is 5.56 Å². The number of alkyl halides is 2. The molecule has 0 saturated carbocycles. The highest BCUT2D eigenvalue weighted by molar-refractivity contribution is 9.10. The van der Waals surface area contributed by atoms with Crippen molar-refractivity contribution in [2.24, 2.45) is 5.73 Å². The Morgan fingerprint density at radius 1 is 1.21 bits per heavy atom. The van der Waals surface area contributed by atoms with Crippen molar-refractivity contribution >= 4 is 15.9 Å². The maximum Gasteiger partial charge on any atom is 0.286 e. The van der Waals surface area contributed by atoms with E-state index in [1.807, 2.05) is 0 Å². The van der Waals surface area contributed by atoms with E-state index in [4.69, 9.17) is 5.73 Å². The van der Waals surface area contributed by atoms with E-state index in [9.17, 15) is 17.6 Å². The minimum Gasteiger partial charge on any atom is -0.325 e. The fraction of sp³-hybridized carbons (Fsp3) is 0.250. The molecule has 0 saturated heterocycles. The van der Waals surface area contributed by atoms with E-state index in [1.54, 1.807) is 0 Å². The lowest BCUT2D eigenvalue weighted by atomic mass is 10.1. The molecule has 1 aromatic rings. The zero-order chi connectivity index (χ0) is 10.9. The van der Waals surface area contributed by atoms with Gasteiger partial charge in [-0.05, 0) is 12.1 Å². The molecule has 0 aliphatic carbocycles. The van der Waals surface area contributed by atoms with Crippen LogP contribution in [0.25, 0.3) is 0 Å². The maximum absolute atomic E-state index is 13.0. The molecule has 1 nitrogen and oxygen atoms in total. The summed E-state index contributed by atoms with van der Waals surface area (Å²) in [6.45, 7) is -0.962. The number of rotatable bonds is 2. The Morgan fingerprint density at radius 2 is 1.71 bits per heavy atom. The molecule has 0 unspecified atom stereocenters. The fourth-order valence-electron chi connectivity index (χ4n) is 0.913. The molecule has 0 amide bonds. The van der Waals surface area contributed by atoms with Crippen LogP contribution in [0.4, 0.5) is 17.6 Å². The molecule has 78 valence electrons. The van der Waals surface area contributed by atoms with Crippen LogP contribution >= 0.6 is 15.9 Å². The van der Waals surface area contributed by atoms with Gasteiger partial charge in [0.1, 0.15) is 0 Å². The van der Waals surface area contributed by atoms with Crippen molar-refractivity contribution in [1.82, 2.24) is 0 Å². The van der Waals surface area contributed by atoms with E-state index in [1.165, 1.54) is 0 Å². The molecule has 0 heterocycles. The Bertz CT molecular complexity index is 353. The predicted molar refractivity (Wildman–Crippen MR) is 47.0 cm³/mol. The Hall–Kier alpha value is -0.620. The maximum atomic E-state index is 13.0. The molecule has 6 heteroatoms. The first kappa shape index (κ1) is 11.5. The smallest absolute Gasteiger partial charge is 0.286 e. The Balaban J connectivity index is 3.29. The molecule has 1 rings (SSSR count). The molecule has 0 aromatic heterocycles. The van der Waals surface area contributed by atoms with Gasteiger partial charge in [-0.3, -0.25) is 0 Å². The zero-order valence-electron chi connectivity index (χ0n) is 6.83. The lowest BCUT2D eigenvalue weighted by molar-refractivity contribution is 0.00478. The van der Waals surface area contributed by atoms with Gasteiger partial charge < -0.3 is 5.73 Å². The largest absolute Gasteiger partial charge is 0.325 e. The third-order valence-corrected chi connectivity index (χ3v) is 2.32. The predicted octanol–water partition coefficient (Wildman–Crippen LogP) is 2.78. The van der Waals surface area contributed by atoms with Gasteiger partial charge in [0, 0.05) is 10.0 Å². The Morgan fingerprint density at radius 3 is 2.21 bits per heavy atom. The average Bonchev–Trinajstić information content (AvgIpc) is 2.11. The molecule has 0 spiro atoms. The van der Waals surface area contributed by atoms with Crippen LogP contribution in [-0.4, -0.2) is 6.54 Å². The zero-order valence-corrected chi connectivity index (χ0v) is 8.41. The fourth-order valence-corrected chi connectivity index (χ4v) is 1.52. The topological polar surface area (TPSA) is 26.0 Å². The van der Waals surface area contributed by atoms with Gasteiger partial charge in [-0.1, -0.05) is 15.9 Å². The molecule has 0 bridgehead atoms. The third-order valence-electron chi connectivity index (χ3n) is 1.66. The highest BCUT2D eigenvalue weighted by Gasteiger charge is 2.32. The van der Waals surface area contributed by atoms with Gasteiger partial charge in [0.15, 0.2) is 11.6 Å². The molecule has 1 aromatic carbocycles. The summed E-state index contributed by atoms with van der Waals surface area (Å²) >= 11 is 2.72. The van der Waals surface area contributed by atoms with Gasteiger partial charge in [0.05, 0.1) is 6.54 Å². The molecule has 0 aliphatic heterocycles. The SMILES string of the molecule is NCC(F)(F)c1cc(F)c(F)cc1Br. The van der Waals surface area contributed by atoms with Gasteiger partial charge in [0.25, 0.3) is 5.92 Å². The highest BCUT2D eigenvalue weighted by Crippen LogP contribution is 2.33. The van der Waals surface area contributed by atoms with Crippen molar-refractivity contribution < 1.29 is 17.6 Å². The standard InChI is InChI=1S/C8H6BrF4N/c9-5-2-7(11)6(10)1-4(5)8(12,13)3-14/h1-2H,3,14H2. The van der Waals surface area contributed by atoms with E-state index in [2.05, 4.69) is 15.9 Å². The van der Waals surface area contributed by atoms with Crippen molar-refractivity contribution in [2.45, 2.75) is 5.92 Å². The molecule has 0 atom stereocenters. The van der Waals surface area contributed by atoms with Crippen LogP contribution in [0, 0.1) is 11.6 Å².